The lowest BCUT2D eigenvalue weighted by Gasteiger charge is -2.18. The summed E-state index contributed by atoms with van der Waals surface area (Å²) in [6, 6.07) is 3.13. The Labute approximate surface area is 103 Å². The highest BCUT2D eigenvalue weighted by molar-refractivity contribution is 5.97. The second-order valence-electron chi connectivity index (χ2n) is 4.79. The summed E-state index contributed by atoms with van der Waals surface area (Å²) in [4.78, 5) is 22.4. The fourth-order valence-corrected chi connectivity index (χ4v) is 2.82. The molecule has 0 radical (unpaired) electrons. The highest BCUT2D eigenvalue weighted by atomic mass is 16.5. The van der Waals surface area contributed by atoms with Crippen LogP contribution in [-0.4, -0.2) is 28.6 Å². The van der Waals surface area contributed by atoms with E-state index in [1.165, 1.54) is 13.0 Å². The summed E-state index contributed by atoms with van der Waals surface area (Å²) < 4.78 is 5.44. The highest BCUT2D eigenvalue weighted by Gasteiger charge is 2.60. The molecule has 0 spiro atoms. The summed E-state index contributed by atoms with van der Waals surface area (Å²) in [7, 11) is 0. The lowest BCUT2D eigenvalue weighted by Crippen LogP contribution is -2.10. The number of aromatic hydroxyl groups is 1. The number of phenols is 1. The molecule has 1 fully saturated rings. The normalized spacial score (nSPS) is 27.7. The van der Waals surface area contributed by atoms with Crippen molar-refractivity contribution in [2.24, 2.45) is 11.8 Å². The fourth-order valence-electron chi connectivity index (χ4n) is 2.82. The van der Waals surface area contributed by atoms with E-state index in [1.807, 2.05) is 0 Å². The number of benzene rings is 1. The Hall–Kier alpha value is -2.04. The number of carboxylic acid groups (broad SMARTS) is 1. The van der Waals surface area contributed by atoms with Crippen molar-refractivity contribution in [1.82, 2.24) is 0 Å². The Morgan fingerprint density at radius 3 is 2.72 bits per heavy atom. The van der Waals surface area contributed by atoms with Crippen molar-refractivity contribution in [2.45, 2.75) is 12.8 Å². The van der Waals surface area contributed by atoms with Crippen LogP contribution in [0.2, 0.25) is 0 Å². The summed E-state index contributed by atoms with van der Waals surface area (Å²) in [5.41, 5.74) is 0.695. The predicted molar refractivity (Wildman–Crippen MR) is 61.0 cm³/mol. The molecule has 5 nitrogen and oxygen atoms in total. The van der Waals surface area contributed by atoms with Crippen molar-refractivity contribution in [2.75, 3.05) is 6.61 Å². The van der Waals surface area contributed by atoms with Crippen LogP contribution < -0.4 is 4.74 Å². The Kier molecular flexibility index (Phi) is 2.14. The molecular formula is C13H12O5. The van der Waals surface area contributed by atoms with Crippen molar-refractivity contribution >= 4 is 11.8 Å². The molecule has 3 atom stereocenters. The van der Waals surface area contributed by atoms with Crippen molar-refractivity contribution in [3.63, 3.8) is 0 Å². The smallest absolute Gasteiger partial charge is 0.307 e. The minimum absolute atomic E-state index is 0.0943. The third-order valence-electron chi connectivity index (χ3n) is 3.77. The minimum atomic E-state index is -0.880. The molecular weight excluding hydrogens is 236 g/mol. The molecule has 5 heteroatoms. The van der Waals surface area contributed by atoms with Crippen LogP contribution in [0.4, 0.5) is 0 Å². The molecule has 94 valence electrons. The third-order valence-corrected chi connectivity index (χ3v) is 3.77. The number of hydrogen-bond donors (Lipinski definition) is 2. The third kappa shape index (κ3) is 1.33. The van der Waals surface area contributed by atoms with E-state index < -0.39 is 11.9 Å². The van der Waals surface area contributed by atoms with Crippen LogP contribution >= 0.6 is 0 Å². The van der Waals surface area contributed by atoms with Gasteiger partial charge in [-0.15, -0.1) is 0 Å². The average molecular weight is 248 g/mol. The standard InChI is InChI=1S/C13H12O5/c1-5(14)6-2-3-8-11(12(6)15)9-7(4-18-8)10(9)13(16)17/h2-3,7,9-10,15H,4H2,1H3,(H,16,17)/t7-,9+,10?/m1/s1. The van der Waals surface area contributed by atoms with Crippen LogP contribution in [0.3, 0.4) is 0 Å². The molecule has 0 aromatic heterocycles. The lowest BCUT2D eigenvalue weighted by atomic mass is 9.98. The first-order valence-corrected chi connectivity index (χ1v) is 5.74. The average Bonchev–Trinajstić information content (AvgIpc) is 3.02. The van der Waals surface area contributed by atoms with Crippen LogP contribution in [0, 0.1) is 11.8 Å². The number of ether oxygens (including phenoxy) is 1. The monoisotopic (exact) mass is 248 g/mol. The van der Waals surface area contributed by atoms with Gasteiger partial charge in [-0.2, -0.15) is 0 Å². The molecule has 1 aromatic rings. The Morgan fingerprint density at radius 2 is 2.11 bits per heavy atom. The molecule has 1 saturated carbocycles. The van der Waals surface area contributed by atoms with Crippen LogP contribution in [0.1, 0.15) is 28.8 Å². The molecule has 18 heavy (non-hydrogen) atoms. The number of fused-ring (bicyclic) bond motifs is 3. The molecule has 1 aliphatic carbocycles. The summed E-state index contributed by atoms with van der Waals surface area (Å²) in [6.07, 6.45) is 0. The first-order valence-electron chi connectivity index (χ1n) is 5.74. The first-order chi connectivity index (χ1) is 8.52. The lowest BCUT2D eigenvalue weighted by molar-refractivity contribution is -0.139. The predicted octanol–water partition coefficient (Wildman–Crippen LogP) is 1.40. The minimum Gasteiger partial charge on any atom is -0.507 e. The molecule has 1 aliphatic heterocycles. The van der Waals surface area contributed by atoms with Gasteiger partial charge in [0.05, 0.1) is 18.1 Å². The van der Waals surface area contributed by atoms with Crippen LogP contribution in [-0.2, 0) is 4.79 Å². The molecule has 1 unspecified atom stereocenters. The number of aliphatic carboxylic acids is 1. The first kappa shape index (κ1) is 11.1. The molecule has 0 bridgehead atoms. The number of ketones is 1. The van der Waals surface area contributed by atoms with Crippen molar-refractivity contribution in [3.8, 4) is 11.5 Å². The number of rotatable bonds is 2. The van der Waals surface area contributed by atoms with E-state index in [9.17, 15) is 14.7 Å². The van der Waals surface area contributed by atoms with E-state index in [-0.39, 0.29) is 28.9 Å². The quantitative estimate of drug-likeness (QED) is 0.773. The number of Topliss-reactive ketones (excluding diaryl/α,β-unsaturated/α-hetero) is 1. The molecule has 1 heterocycles. The summed E-state index contributed by atoms with van der Waals surface area (Å²) in [6.45, 7) is 1.72. The van der Waals surface area contributed by atoms with Crippen LogP contribution in [0.5, 0.6) is 11.5 Å². The molecule has 3 rings (SSSR count). The molecule has 2 N–H and O–H groups in total. The number of hydrogen-bond acceptors (Lipinski definition) is 4. The second kappa shape index (κ2) is 3.48. The van der Waals surface area contributed by atoms with Gasteiger partial charge in [0, 0.05) is 17.4 Å². The van der Waals surface area contributed by atoms with Crippen LogP contribution in [0.25, 0.3) is 0 Å². The van der Waals surface area contributed by atoms with Crippen molar-refractivity contribution < 1.29 is 24.5 Å². The number of phenolic OH excluding ortho intramolecular Hbond substituents is 1. The molecule has 2 aliphatic rings. The second-order valence-corrected chi connectivity index (χ2v) is 4.79. The highest BCUT2D eigenvalue weighted by Crippen LogP contribution is 2.61. The van der Waals surface area contributed by atoms with E-state index in [4.69, 9.17) is 9.84 Å². The Bertz CT molecular complexity index is 563. The zero-order chi connectivity index (χ0) is 13.0. The van der Waals surface area contributed by atoms with Gasteiger partial charge in [0.1, 0.15) is 11.5 Å². The molecule has 1 aromatic carbocycles. The number of carboxylic acids is 1. The van der Waals surface area contributed by atoms with Crippen LogP contribution in [0.15, 0.2) is 12.1 Å². The van der Waals surface area contributed by atoms with Crippen molar-refractivity contribution in [3.05, 3.63) is 23.3 Å². The maximum absolute atomic E-state index is 11.4. The van der Waals surface area contributed by atoms with Gasteiger partial charge in [-0.05, 0) is 19.1 Å². The van der Waals surface area contributed by atoms with Crippen molar-refractivity contribution in [1.29, 1.82) is 0 Å². The summed E-state index contributed by atoms with van der Waals surface area (Å²) in [5, 5.41) is 19.2. The topological polar surface area (TPSA) is 83.8 Å². The van der Waals surface area contributed by atoms with Gasteiger partial charge in [-0.1, -0.05) is 0 Å². The van der Waals surface area contributed by atoms with E-state index in [2.05, 4.69) is 0 Å². The van der Waals surface area contributed by atoms with Gasteiger partial charge in [0.15, 0.2) is 5.78 Å². The zero-order valence-corrected chi connectivity index (χ0v) is 9.71. The summed E-state index contributed by atoms with van der Waals surface area (Å²) >= 11 is 0. The fraction of sp³-hybridized carbons (Fsp3) is 0.385. The van der Waals surface area contributed by atoms with Gasteiger partial charge < -0.3 is 14.9 Å². The maximum Gasteiger partial charge on any atom is 0.307 e. The maximum atomic E-state index is 11.4. The SMILES string of the molecule is CC(=O)c1ccc2c(c1O)[C@@H]1C(C(=O)O)[C@@H]1CO2. The van der Waals surface area contributed by atoms with E-state index in [0.717, 1.165) is 0 Å². The van der Waals surface area contributed by atoms with E-state index in [0.29, 0.717) is 17.9 Å². The van der Waals surface area contributed by atoms with Gasteiger partial charge in [0.25, 0.3) is 0 Å². The molecule has 0 saturated heterocycles. The molecule has 0 amide bonds. The van der Waals surface area contributed by atoms with Gasteiger partial charge in [0.2, 0.25) is 0 Å². The Balaban J connectivity index is 2.11. The zero-order valence-electron chi connectivity index (χ0n) is 9.71. The van der Waals surface area contributed by atoms with Gasteiger partial charge in [-0.25, -0.2) is 0 Å². The van der Waals surface area contributed by atoms with Gasteiger partial charge >= 0.3 is 5.97 Å². The Morgan fingerprint density at radius 1 is 1.39 bits per heavy atom. The van der Waals surface area contributed by atoms with E-state index >= 15 is 0 Å². The number of carbonyl (C=O) groups is 2. The van der Waals surface area contributed by atoms with Gasteiger partial charge in [-0.3, -0.25) is 9.59 Å². The largest absolute Gasteiger partial charge is 0.507 e. The number of carbonyl (C=O) groups excluding carboxylic acids is 1. The summed E-state index contributed by atoms with van der Waals surface area (Å²) in [5.74, 6) is -1.60. The van der Waals surface area contributed by atoms with E-state index in [1.54, 1.807) is 6.07 Å².